The molecule has 0 bridgehead atoms. The quantitative estimate of drug-likeness (QED) is 0.0421. The number of Topliss-reactive ketones (excluding diaryl/α,β-unsaturated/α-hetero) is 2. The molecule has 17 aromatic carbocycles. The number of aldehydes is 1. The molecule has 11 nitrogen and oxygen atoms in total. The lowest BCUT2D eigenvalue weighted by molar-refractivity contribution is 0.0971. The Morgan fingerprint density at radius 2 is 0.813 bits per heavy atom. The molecule has 0 atom stereocenters. The molecule has 24 rings (SSSR count). The number of carbonyl (C=O) groups excluding carboxylic acids is 3. The van der Waals surface area contributed by atoms with Crippen LogP contribution in [0.3, 0.4) is 0 Å². The molecule has 134 heavy (non-hydrogen) atoms. The number of H-pyrrole nitrogens is 1. The van der Waals surface area contributed by atoms with Crippen molar-refractivity contribution in [2.45, 2.75) is 44.9 Å². The highest BCUT2D eigenvalue weighted by Crippen LogP contribution is 2.42. The van der Waals surface area contributed by atoms with E-state index in [0.29, 0.717) is 5.78 Å². The minimum atomic E-state index is 0. The summed E-state index contributed by atoms with van der Waals surface area (Å²) in [7, 11) is 0. The van der Waals surface area contributed by atoms with Gasteiger partial charge in [-0.1, -0.05) is 381 Å². The zero-order chi connectivity index (χ0) is 90.9. The van der Waals surface area contributed by atoms with Crippen molar-refractivity contribution < 1.29 is 14.4 Å². The molecule has 0 saturated carbocycles. The van der Waals surface area contributed by atoms with Gasteiger partial charge in [-0.15, -0.1) is 12.4 Å². The molecule has 0 amide bonds. The Bertz CT molecular complexity index is 7820. The van der Waals surface area contributed by atoms with E-state index in [0.717, 1.165) is 165 Å². The van der Waals surface area contributed by atoms with Crippen LogP contribution in [0, 0.1) is 5.41 Å². The second-order valence-electron chi connectivity index (χ2n) is 32.5. The van der Waals surface area contributed by atoms with Crippen LogP contribution in [0.5, 0.6) is 0 Å². The lowest BCUT2D eigenvalue weighted by Gasteiger charge is -2.22. The van der Waals surface area contributed by atoms with Crippen LogP contribution >= 0.6 is 60.2 Å². The summed E-state index contributed by atoms with van der Waals surface area (Å²) in [5.41, 5.74) is 33.6. The zero-order valence-electron chi connectivity index (χ0n) is 73.0. The Kier molecular flexibility index (Phi) is 29.1. The molecule has 0 aliphatic heterocycles. The van der Waals surface area contributed by atoms with Gasteiger partial charge in [-0.25, -0.2) is 19.9 Å². The molecule has 15 heteroatoms. The number of hydrogen-bond donors (Lipinski definition) is 3. The van der Waals surface area contributed by atoms with Crippen molar-refractivity contribution in [1.82, 2.24) is 29.5 Å². The highest BCUT2D eigenvalue weighted by atomic mass is 79.9. The number of nitrogens with two attached hydrogens (primary N) is 1. The van der Waals surface area contributed by atoms with Crippen molar-refractivity contribution in [3.8, 4) is 73.4 Å². The summed E-state index contributed by atoms with van der Waals surface area (Å²) in [6.45, 7) is 0. The van der Waals surface area contributed by atoms with E-state index in [1.54, 1.807) is 24.3 Å². The van der Waals surface area contributed by atoms with E-state index in [-0.39, 0.29) is 24.0 Å². The van der Waals surface area contributed by atoms with Crippen LogP contribution in [0.4, 0.5) is 0 Å². The van der Waals surface area contributed by atoms with Crippen LogP contribution in [-0.2, 0) is 25.7 Å². The van der Waals surface area contributed by atoms with Crippen molar-refractivity contribution in [3.63, 3.8) is 0 Å². The van der Waals surface area contributed by atoms with E-state index in [1.165, 1.54) is 93.6 Å². The molecular formula is C119H90Br3ClN8O3. The number of allylic oxidation sites excluding steroid dienone is 1. The van der Waals surface area contributed by atoms with Gasteiger partial charge in [0.25, 0.3) is 0 Å². The second kappa shape index (κ2) is 42.9. The largest absolute Gasteiger partial charge is 0.384 e. The number of nitrogen functional groups attached to an aromatic ring is 1. The highest BCUT2D eigenvalue weighted by Gasteiger charge is 2.26. The maximum absolute atomic E-state index is 12.4. The van der Waals surface area contributed by atoms with Crippen LogP contribution in [0.2, 0.25) is 0 Å². The average Bonchev–Trinajstić information content (AvgIpc) is 1.58. The standard InChI is InChI=1S/C30H20N2.C24H17BrN2.C24H15BrN2.C17H14O.C10H10O.C7H7BrN2.C7H6O.ClH/c1-2-8-22(9-3-1)32-29-13-7-5-11-25(29)26-18-20(15-17-30(26)32)21-14-16-24-23-10-4-6-12-27(23)31-28(24)19-21;2*25-19-13-10-18(11-14-19)24-26-22(17-7-2-1-3-8-17)21-15-12-16-6-4-5-9-20(16)23(21)27-24;18-17-15(12-13-6-2-1-3-7-13)11-10-14-8-4-5-9-16(14)17;11-10-7-3-5-8-4-1-2-6-9(8)10;8-6-3-1-5(2-4-6)7(9)10;8-6-7-4-2-1-3-5-7;/h1-19,31H;1-11,13-14H,12,15H2;1-15H;1-9,12H,10-11H2;1-2,4,6H,3,5,7H2;1-4H,(H3,9,10);1-6H;1H/b;;;15-12+;;;;. The Morgan fingerprint density at radius 1 is 0.351 bits per heavy atom. The highest BCUT2D eigenvalue weighted by molar-refractivity contribution is 9.11. The first kappa shape index (κ1) is 90.9. The number of fused-ring (bicyclic) bond motifs is 14. The van der Waals surface area contributed by atoms with Gasteiger partial charge >= 0.3 is 0 Å². The van der Waals surface area contributed by atoms with E-state index in [9.17, 15) is 14.4 Å². The van der Waals surface area contributed by atoms with Gasteiger partial charge in [-0.2, -0.15) is 0 Å². The summed E-state index contributed by atoms with van der Waals surface area (Å²) < 4.78 is 5.45. The van der Waals surface area contributed by atoms with Crippen LogP contribution in [-0.4, -0.2) is 53.2 Å². The number of aryl methyl sites for hydroxylation is 3. The predicted octanol–water partition coefficient (Wildman–Crippen LogP) is 31.1. The Balaban J connectivity index is 0.000000114. The third kappa shape index (κ3) is 21.0. The van der Waals surface area contributed by atoms with Crippen molar-refractivity contribution in [3.05, 3.63) is 488 Å². The van der Waals surface area contributed by atoms with Crippen molar-refractivity contribution in [2.75, 3.05) is 0 Å². The van der Waals surface area contributed by atoms with Gasteiger partial charge < -0.3 is 15.3 Å². The minimum Gasteiger partial charge on any atom is -0.384 e. The van der Waals surface area contributed by atoms with Gasteiger partial charge in [0.2, 0.25) is 0 Å². The number of nitrogens with zero attached hydrogens (tertiary/aromatic N) is 5. The molecule has 21 aromatic rings. The van der Waals surface area contributed by atoms with Gasteiger partial charge in [0.15, 0.2) is 23.2 Å². The number of aromatic amines is 1. The SMILES string of the molecule is Brc1ccc(-c2nc(-c3ccccc3)c3c(n2)-c2ccccc2CC3)cc1.Brc1ccc(-c2nc(-c3ccccc3)c3ccc4ccccc4c3n2)cc1.Cl.N=C(N)c1ccc(Br)cc1.O=C1/C(=C/c2ccccc2)CCc2ccccc21.O=C1CCCc2ccccc21.O=Cc1ccccc1.c1ccc(-n2c3ccccc3c3cc(-c4ccc5c(c4)[nH]c4ccccc45)ccc32)cc1. The number of rotatable bonds is 9. The predicted molar refractivity (Wildman–Crippen MR) is 566 cm³/mol. The number of hydrogen-bond acceptors (Lipinski definition) is 8. The minimum absolute atomic E-state index is 0. The van der Waals surface area contributed by atoms with Gasteiger partial charge in [-0.05, 0) is 168 Å². The lowest BCUT2D eigenvalue weighted by atomic mass is 9.86. The van der Waals surface area contributed by atoms with E-state index in [1.807, 2.05) is 176 Å². The molecule has 4 heterocycles. The maximum Gasteiger partial charge on any atom is 0.189 e. The van der Waals surface area contributed by atoms with Gasteiger partial charge in [-0.3, -0.25) is 19.8 Å². The van der Waals surface area contributed by atoms with E-state index in [2.05, 4.69) is 282 Å². The van der Waals surface area contributed by atoms with E-state index < -0.39 is 0 Å². The first-order valence-electron chi connectivity index (χ1n) is 44.3. The van der Waals surface area contributed by atoms with Crippen LogP contribution < -0.4 is 5.73 Å². The summed E-state index contributed by atoms with van der Waals surface area (Å²) in [4.78, 5) is 57.2. The Labute approximate surface area is 809 Å². The third-order valence-corrected chi connectivity index (χ3v) is 25.5. The van der Waals surface area contributed by atoms with Gasteiger partial charge in [0, 0.05) is 130 Å². The number of ketones is 2. The smallest absolute Gasteiger partial charge is 0.189 e. The topological polar surface area (TPSA) is 173 Å². The molecule has 4 aromatic heterocycles. The summed E-state index contributed by atoms with van der Waals surface area (Å²) in [6, 6.07) is 142. The maximum atomic E-state index is 12.4. The Morgan fingerprint density at radius 3 is 1.45 bits per heavy atom. The van der Waals surface area contributed by atoms with Gasteiger partial charge in [0.1, 0.15) is 12.1 Å². The molecule has 0 saturated heterocycles. The summed E-state index contributed by atoms with van der Waals surface area (Å²) in [5.74, 6) is 2.11. The fourth-order valence-corrected chi connectivity index (χ4v) is 18.1. The van der Waals surface area contributed by atoms with Crippen molar-refractivity contribution >= 4 is 155 Å². The van der Waals surface area contributed by atoms with Crippen LogP contribution in [0.25, 0.3) is 145 Å². The number of para-hydroxylation sites is 3. The molecule has 3 aliphatic rings. The first-order chi connectivity index (χ1) is 65.3. The summed E-state index contributed by atoms with van der Waals surface area (Å²) in [5, 5.41) is 15.6. The molecule has 0 fully saturated rings. The lowest BCUT2D eigenvalue weighted by Crippen LogP contribution is -2.13. The third-order valence-electron chi connectivity index (χ3n) is 24.0. The molecule has 0 spiro atoms. The number of aromatic nitrogens is 6. The summed E-state index contributed by atoms with van der Waals surface area (Å²) >= 11 is 10.3. The average molecular weight is 1960 g/mol. The Hall–Kier alpha value is -15.0. The van der Waals surface area contributed by atoms with Crippen molar-refractivity contribution in [2.24, 2.45) is 5.73 Å². The second-order valence-corrected chi connectivity index (χ2v) is 35.3. The van der Waals surface area contributed by atoms with Crippen LogP contribution in [0.1, 0.15) is 83.7 Å². The zero-order valence-corrected chi connectivity index (χ0v) is 78.6. The van der Waals surface area contributed by atoms with Crippen LogP contribution in [0.15, 0.2) is 438 Å². The number of nitrogens with one attached hydrogen (secondary N) is 2. The molecule has 652 valence electrons. The molecular weight excluding hydrogens is 1860 g/mol. The number of benzene rings is 17. The first-order valence-corrected chi connectivity index (χ1v) is 46.7. The monoisotopic (exact) mass is 1950 g/mol. The molecule has 3 aliphatic carbocycles. The number of halogens is 4. The molecule has 4 N–H and O–H groups in total. The molecule has 0 unspecified atom stereocenters. The normalized spacial score (nSPS) is 12.3. The van der Waals surface area contributed by atoms with E-state index in [4.69, 9.17) is 31.1 Å². The fraction of sp³-hybridized carbons (Fsp3) is 0.0588. The number of carbonyl (C=O) groups is 3. The van der Waals surface area contributed by atoms with Gasteiger partial charge in [0.05, 0.1) is 33.6 Å². The fourth-order valence-electron chi connectivity index (χ4n) is 17.3. The molecule has 0 radical (unpaired) electrons. The number of amidine groups is 1. The van der Waals surface area contributed by atoms with Crippen molar-refractivity contribution in [1.29, 1.82) is 5.41 Å². The summed E-state index contributed by atoms with van der Waals surface area (Å²) in [6.07, 6.45) is 9.47. The van der Waals surface area contributed by atoms with E-state index >= 15 is 0 Å².